The molecule has 2 aromatic heterocycles. The molecule has 1 fully saturated rings. The lowest BCUT2D eigenvalue weighted by molar-refractivity contribution is 0.256. The van der Waals surface area contributed by atoms with Crippen LogP contribution in [0.5, 0.6) is 5.75 Å². The highest BCUT2D eigenvalue weighted by atomic mass is 35.5. The van der Waals surface area contributed by atoms with Gasteiger partial charge in [0.05, 0.1) is 0 Å². The first-order chi connectivity index (χ1) is 17.7. The summed E-state index contributed by atoms with van der Waals surface area (Å²) in [5, 5.41) is 10.3. The van der Waals surface area contributed by atoms with Crippen molar-refractivity contribution >= 4 is 17.5 Å². The molecule has 5 rings (SSSR count). The lowest BCUT2D eigenvalue weighted by Crippen LogP contribution is -2.47. The van der Waals surface area contributed by atoms with Gasteiger partial charge in [-0.15, -0.1) is 0 Å². The summed E-state index contributed by atoms with van der Waals surface area (Å²) < 4.78 is 11.9. The van der Waals surface area contributed by atoms with E-state index in [0.29, 0.717) is 34.8 Å². The van der Waals surface area contributed by atoms with Gasteiger partial charge in [0.1, 0.15) is 18.4 Å². The molecule has 1 aliphatic heterocycles. The van der Waals surface area contributed by atoms with Crippen molar-refractivity contribution in [2.75, 3.05) is 37.6 Å². The first-order valence-electron chi connectivity index (χ1n) is 11.9. The lowest BCUT2D eigenvalue weighted by Gasteiger charge is -2.34. The first kappa shape index (κ1) is 23.9. The molecule has 0 aliphatic carbocycles. The summed E-state index contributed by atoms with van der Waals surface area (Å²) in [5.41, 5.74) is 3.13. The lowest BCUT2D eigenvalue weighted by atomic mass is 10.2. The second-order valence-electron chi connectivity index (χ2n) is 8.59. The second kappa shape index (κ2) is 11.3. The summed E-state index contributed by atoms with van der Waals surface area (Å²) in [6, 6.07) is 23.3. The number of pyridine rings is 1. The average molecular weight is 500 g/mol. The highest BCUT2D eigenvalue weighted by Crippen LogP contribution is 2.30. The number of oxazole rings is 1. The van der Waals surface area contributed by atoms with Crippen molar-refractivity contribution in [2.45, 2.75) is 13.0 Å². The van der Waals surface area contributed by atoms with E-state index in [1.165, 1.54) is 0 Å². The van der Waals surface area contributed by atoms with Gasteiger partial charge in [-0.3, -0.25) is 9.88 Å². The van der Waals surface area contributed by atoms with Gasteiger partial charge in [0.2, 0.25) is 17.5 Å². The Labute approximate surface area is 215 Å². The minimum Gasteiger partial charge on any atom is -0.489 e. The monoisotopic (exact) mass is 499 g/mol. The van der Waals surface area contributed by atoms with Gasteiger partial charge in [0.25, 0.3) is 0 Å². The summed E-state index contributed by atoms with van der Waals surface area (Å²) in [7, 11) is 0. The SMILES string of the molecule is N#Cc1nc(-c2ccc(OCc3ccccc3Cl)cc2)oc1N1CCN(CCc2ccccn2)CC1. The van der Waals surface area contributed by atoms with Crippen LogP contribution in [0, 0.1) is 11.3 Å². The van der Waals surface area contributed by atoms with Crippen molar-refractivity contribution in [1.82, 2.24) is 14.9 Å². The molecule has 0 atom stereocenters. The third-order valence-electron chi connectivity index (χ3n) is 6.24. The second-order valence-corrected chi connectivity index (χ2v) is 9.00. The third-order valence-corrected chi connectivity index (χ3v) is 6.61. The fraction of sp³-hybridized carbons (Fsp3) is 0.250. The van der Waals surface area contributed by atoms with E-state index >= 15 is 0 Å². The number of halogens is 1. The van der Waals surface area contributed by atoms with Gasteiger partial charge in [-0.2, -0.15) is 10.2 Å². The molecule has 1 aliphatic rings. The van der Waals surface area contributed by atoms with Crippen LogP contribution in [0.15, 0.2) is 77.3 Å². The smallest absolute Gasteiger partial charge is 0.235 e. The van der Waals surface area contributed by atoms with Crippen LogP contribution < -0.4 is 9.64 Å². The van der Waals surface area contributed by atoms with Crippen molar-refractivity contribution in [3.8, 4) is 23.3 Å². The molecule has 182 valence electrons. The van der Waals surface area contributed by atoms with Gasteiger partial charge >= 0.3 is 0 Å². The zero-order valence-electron chi connectivity index (χ0n) is 19.8. The maximum Gasteiger partial charge on any atom is 0.235 e. The number of nitriles is 1. The number of aromatic nitrogens is 2. The number of hydrogen-bond acceptors (Lipinski definition) is 7. The van der Waals surface area contributed by atoms with Gasteiger partial charge in [-0.1, -0.05) is 35.9 Å². The Morgan fingerprint density at radius 2 is 1.75 bits per heavy atom. The molecule has 2 aromatic carbocycles. The maximum absolute atomic E-state index is 9.67. The van der Waals surface area contributed by atoms with Crippen LogP contribution in [0.3, 0.4) is 0 Å². The molecule has 0 amide bonds. The Morgan fingerprint density at radius 1 is 0.972 bits per heavy atom. The number of anilines is 1. The van der Waals surface area contributed by atoms with Crippen LogP contribution in [0.4, 0.5) is 5.88 Å². The van der Waals surface area contributed by atoms with Gasteiger partial charge in [0.15, 0.2) is 0 Å². The van der Waals surface area contributed by atoms with E-state index in [1.54, 1.807) is 0 Å². The molecule has 4 aromatic rings. The summed E-state index contributed by atoms with van der Waals surface area (Å²) in [5.74, 6) is 1.68. The summed E-state index contributed by atoms with van der Waals surface area (Å²) in [6.07, 6.45) is 2.76. The Kier molecular flexibility index (Phi) is 7.46. The van der Waals surface area contributed by atoms with Crippen molar-refractivity contribution in [3.05, 3.63) is 94.9 Å². The van der Waals surface area contributed by atoms with Crippen molar-refractivity contribution < 1.29 is 9.15 Å². The standard InChI is InChI=1S/C28H26ClN5O2/c29-25-7-2-1-5-22(25)20-35-24-10-8-21(9-11-24)27-32-26(19-30)28(36-27)34-17-15-33(16-18-34)14-12-23-6-3-4-13-31-23/h1-11,13H,12,14-18,20H2. The van der Waals surface area contributed by atoms with E-state index in [0.717, 1.165) is 56.0 Å². The Morgan fingerprint density at radius 3 is 2.47 bits per heavy atom. The Balaban J connectivity index is 1.19. The van der Waals surface area contributed by atoms with E-state index < -0.39 is 0 Å². The fourth-order valence-corrected chi connectivity index (χ4v) is 4.38. The first-order valence-corrected chi connectivity index (χ1v) is 12.3. The van der Waals surface area contributed by atoms with E-state index in [1.807, 2.05) is 66.9 Å². The van der Waals surface area contributed by atoms with Gasteiger partial charge in [-0.05, 0) is 42.5 Å². The Hall–Kier alpha value is -3.86. The minimum atomic E-state index is 0.311. The number of ether oxygens (including phenoxy) is 1. The molecule has 0 spiro atoms. The predicted octanol–water partition coefficient (Wildman–Crippen LogP) is 5.21. The zero-order valence-corrected chi connectivity index (χ0v) is 20.6. The molecule has 0 N–H and O–H groups in total. The van der Waals surface area contributed by atoms with Crippen LogP contribution in [-0.4, -0.2) is 47.6 Å². The van der Waals surface area contributed by atoms with E-state index in [2.05, 4.69) is 31.9 Å². The summed E-state index contributed by atoms with van der Waals surface area (Å²) in [4.78, 5) is 13.4. The molecule has 3 heterocycles. The van der Waals surface area contributed by atoms with Crippen molar-refractivity contribution in [3.63, 3.8) is 0 Å². The molecule has 36 heavy (non-hydrogen) atoms. The summed E-state index contributed by atoms with van der Waals surface area (Å²) in [6.45, 7) is 4.69. The van der Waals surface area contributed by atoms with E-state index in [9.17, 15) is 5.26 Å². The van der Waals surface area contributed by atoms with Gasteiger partial charge in [0, 0.05) is 67.2 Å². The van der Waals surface area contributed by atoms with Crippen molar-refractivity contribution in [1.29, 1.82) is 5.26 Å². The van der Waals surface area contributed by atoms with E-state index in [4.69, 9.17) is 20.8 Å². The molecule has 0 bridgehead atoms. The summed E-state index contributed by atoms with van der Waals surface area (Å²) >= 11 is 6.20. The van der Waals surface area contributed by atoms with Crippen LogP contribution in [0.2, 0.25) is 5.02 Å². The average Bonchev–Trinajstić information content (AvgIpc) is 3.37. The topological polar surface area (TPSA) is 78.4 Å². The molecule has 1 saturated heterocycles. The fourth-order valence-electron chi connectivity index (χ4n) is 4.19. The largest absolute Gasteiger partial charge is 0.489 e. The number of nitrogens with zero attached hydrogens (tertiary/aromatic N) is 5. The van der Waals surface area contributed by atoms with Crippen LogP contribution in [0.25, 0.3) is 11.5 Å². The molecule has 0 unspecified atom stereocenters. The maximum atomic E-state index is 9.67. The Bertz CT molecular complexity index is 1330. The normalized spacial score (nSPS) is 13.9. The predicted molar refractivity (Wildman–Crippen MR) is 139 cm³/mol. The zero-order chi connectivity index (χ0) is 24.7. The van der Waals surface area contributed by atoms with Gasteiger partial charge < -0.3 is 14.1 Å². The van der Waals surface area contributed by atoms with E-state index in [-0.39, 0.29) is 0 Å². The highest BCUT2D eigenvalue weighted by molar-refractivity contribution is 6.31. The molecule has 8 heteroatoms. The quantitative estimate of drug-likeness (QED) is 0.329. The van der Waals surface area contributed by atoms with Crippen LogP contribution >= 0.6 is 11.6 Å². The molecular weight excluding hydrogens is 474 g/mol. The third kappa shape index (κ3) is 5.68. The number of rotatable bonds is 8. The van der Waals surface area contributed by atoms with Gasteiger partial charge in [-0.25, -0.2) is 0 Å². The molecular formula is C28H26ClN5O2. The minimum absolute atomic E-state index is 0.311. The number of benzene rings is 2. The molecule has 0 saturated carbocycles. The van der Waals surface area contributed by atoms with Crippen LogP contribution in [0.1, 0.15) is 17.0 Å². The highest BCUT2D eigenvalue weighted by Gasteiger charge is 2.24. The number of piperazine rings is 1. The molecule has 0 radical (unpaired) electrons. The van der Waals surface area contributed by atoms with Crippen LogP contribution in [-0.2, 0) is 13.0 Å². The number of hydrogen-bond donors (Lipinski definition) is 0. The van der Waals surface area contributed by atoms with Crippen molar-refractivity contribution in [2.24, 2.45) is 0 Å². The molecule has 7 nitrogen and oxygen atoms in total.